The number of nitrogens with zero attached hydrogens (tertiary/aromatic N) is 3. The summed E-state index contributed by atoms with van der Waals surface area (Å²) in [4.78, 5) is 25.1. The summed E-state index contributed by atoms with van der Waals surface area (Å²) in [5.74, 6) is 1.08. The first-order valence-electron chi connectivity index (χ1n) is 11.0. The van der Waals surface area contributed by atoms with Gasteiger partial charge in [-0.2, -0.15) is 0 Å². The highest BCUT2D eigenvalue weighted by Gasteiger charge is 2.20. The van der Waals surface area contributed by atoms with E-state index < -0.39 is 6.04 Å². The Hall–Kier alpha value is -3.59. The number of methoxy groups -OCH3 is 1. The average Bonchev–Trinajstić information content (AvgIpc) is 3.26. The van der Waals surface area contributed by atoms with Gasteiger partial charge in [0, 0.05) is 17.8 Å². The first-order valence-corrected chi connectivity index (χ1v) is 11.9. The number of benzene rings is 2. The van der Waals surface area contributed by atoms with E-state index in [1.807, 2.05) is 35.8 Å². The van der Waals surface area contributed by atoms with Gasteiger partial charge in [0.2, 0.25) is 5.91 Å². The third kappa shape index (κ3) is 6.48. The molecular weight excluding hydrogens is 450 g/mol. The van der Waals surface area contributed by atoms with Crippen molar-refractivity contribution in [3.8, 4) is 5.75 Å². The van der Waals surface area contributed by atoms with Crippen LogP contribution in [-0.2, 0) is 17.8 Å². The number of aryl methyl sites for hydroxylation is 1. The highest BCUT2D eigenvalue weighted by atomic mass is 32.2. The van der Waals surface area contributed by atoms with Gasteiger partial charge < -0.3 is 19.9 Å². The standard InChI is InChI=1S/C25H29N5O3S/c1-5-15-30-23(17(3)26-24(32)19-9-13-21(33-4)14-10-19)28-29-25(30)34-16-22(31)27-20-11-7-18(6-2)8-12-20/h5,7-14,17H,1,6,15-16H2,2-4H3,(H,26,32)(H,27,31). The first kappa shape index (κ1) is 25.0. The molecule has 1 unspecified atom stereocenters. The summed E-state index contributed by atoms with van der Waals surface area (Å²) in [6, 6.07) is 14.3. The molecule has 0 spiro atoms. The van der Waals surface area contributed by atoms with Gasteiger partial charge in [0.05, 0.1) is 18.9 Å². The van der Waals surface area contributed by atoms with Crippen molar-refractivity contribution in [1.82, 2.24) is 20.1 Å². The van der Waals surface area contributed by atoms with Gasteiger partial charge >= 0.3 is 0 Å². The number of hydrogen-bond acceptors (Lipinski definition) is 6. The van der Waals surface area contributed by atoms with Crippen LogP contribution in [0.5, 0.6) is 5.75 Å². The molecule has 0 aliphatic rings. The van der Waals surface area contributed by atoms with Crippen LogP contribution in [0.1, 0.15) is 41.6 Å². The molecule has 8 nitrogen and oxygen atoms in total. The molecule has 9 heteroatoms. The molecule has 1 aromatic heterocycles. The molecule has 0 bridgehead atoms. The highest BCUT2D eigenvalue weighted by Crippen LogP contribution is 2.22. The maximum absolute atomic E-state index is 12.6. The Bertz CT molecular complexity index is 1130. The summed E-state index contributed by atoms with van der Waals surface area (Å²) in [6.45, 7) is 8.18. The summed E-state index contributed by atoms with van der Waals surface area (Å²) in [5.41, 5.74) is 2.48. The van der Waals surface area contributed by atoms with Gasteiger partial charge in [0.15, 0.2) is 11.0 Å². The quantitative estimate of drug-likeness (QED) is 0.315. The number of amides is 2. The Balaban J connectivity index is 1.63. The maximum atomic E-state index is 12.6. The third-order valence-corrected chi connectivity index (χ3v) is 6.09. The van der Waals surface area contributed by atoms with Gasteiger partial charge in [-0.25, -0.2) is 0 Å². The number of nitrogens with one attached hydrogen (secondary N) is 2. The van der Waals surface area contributed by atoms with Gasteiger partial charge in [-0.1, -0.05) is 36.9 Å². The Labute approximate surface area is 203 Å². The van der Waals surface area contributed by atoms with E-state index in [0.29, 0.717) is 28.8 Å². The third-order valence-electron chi connectivity index (χ3n) is 5.12. The van der Waals surface area contributed by atoms with E-state index in [0.717, 1.165) is 12.1 Å². The summed E-state index contributed by atoms with van der Waals surface area (Å²) in [7, 11) is 1.58. The van der Waals surface area contributed by atoms with Crippen LogP contribution < -0.4 is 15.4 Å². The Kier molecular flexibility index (Phi) is 8.86. The van der Waals surface area contributed by atoms with Crippen molar-refractivity contribution in [3.05, 3.63) is 78.1 Å². The smallest absolute Gasteiger partial charge is 0.251 e. The zero-order chi connectivity index (χ0) is 24.5. The van der Waals surface area contributed by atoms with E-state index in [4.69, 9.17) is 4.74 Å². The van der Waals surface area contributed by atoms with Crippen molar-refractivity contribution in [2.24, 2.45) is 0 Å². The van der Waals surface area contributed by atoms with E-state index in [1.54, 1.807) is 37.5 Å². The minimum Gasteiger partial charge on any atom is -0.497 e. The van der Waals surface area contributed by atoms with Crippen molar-refractivity contribution in [3.63, 3.8) is 0 Å². The van der Waals surface area contributed by atoms with Crippen molar-refractivity contribution >= 4 is 29.3 Å². The lowest BCUT2D eigenvalue weighted by atomic mass is 10.1. The topological polar surface area (TPSA) is 98.1 Å². The molecule has 178 valence electrons. The molecule has 0 saturated carbocycles. The summed E-state index contributed by atoms with van der Waals surface area (Å²) >= 11 is 1.28. The lowest BCUT2D eigenvalue weighted by molar-refractivity contribution is -0.113. The number of thioether (sulfide) groups is 1. The van der Waals surface area contributed by atoms with E-state index >= 15 is 0 Å². The molecule has 0 aliphatic heterocycles. The summed E-state index contributed by atoms with van der Waals surface area (Å²) in [6.07, 6.45) is 2.68. The van der Waals surface area contributed by atoms with Gasteiger partial charge in [0.1, 0.15) is 5.75 Å². The molecule has 0 aliphatic carbocycles. The molecule has 0 fully saturated rings. The van der Waals surface area contributed by atoms with Gasteiger partial charge in [-0.3, -0.25) is 9.59 Å². The molecule has 0 saturated heterocycles. The van der Waals surface area contributed by atoms with E-state index in [2.05, 4.69) is 34.3 Å². The van der Waals surface area contributed by atoms with Crippen molar-refractivity contribution < 1.29 is 14.3 Å². The minimum atomic E-state index is -0.401. The van der Waals surface area contributed by atoms with Crippen LogP contribution in [0, 0.1) is 0 Å². The van der Waals surface area contributed by atoms with Crippen molar-refractivity contribution in [2.45, 2.75) is 38.0 Å². The number of hydrogen-bond donors (Lipinski definition) is 2. The zero-order valence-corrected chi connectivity index (χ0v) is 20.4. The molecule has 2 aromatic carbocycles. The Morgan fingerprint density at radius 2 is 1.85 bits per heavy atom. The van der Waals surface area contributed by atoms with Crippen LogP contribution in [0.2, 0.25) is 0 Å². The molecule has 3 rings (SSSR count). The monoisotopic (exact) mass is 479 g/mol. The zero-order valence-electron chi connectivity index (χ0n) is 19.6. The van der Waals surface area contributed by atoms with Crippen LogP contribution in [0.25, 0.3) is 0 Å². The predicted molar refractivity (Wildman–Crippen MR) is 134 cm³/mol. The minimum absolute atomic E-state index is 0.134. The fraction of sp³-hybridized carbons (Fsp3) is 0.280. The van der Waals surface area contributed by atoms with Gasteiger partial charge in [0.25, 0.3) is 5.91 Å². The largest absolute Gasteiger partial charge is 0.497 e. The molecule has 2 amide bonds. The Morgan fingerprint density at radius 3 is 2.47 bits per heavy atom. The summed E-state index contributed by atoms with van der Waals surface area (Å²) < 4.78 is 6.98. The highest BCUT2D eigenvalue weighted by molar-refractivity contribution is 7.99. The molecule has 34 heavy (non-hydrogen) atoms. The SMILES string of the molecule is C=CCn1c(SCC(=O)Nc2ccc(CC)cc2)nnc1C(C)NC(=O)c1ccc(OC)cc1. The number of allylic oxidation sites excluding steroid dienone is 1. The van der Waals surface area contributed by atoms with Crippen molar-refractivity contribution in [2.75, 3.05) is 18.2 Å². The summed E-state index contributed by atoms with van der Waals surface area (Å²) in [5, 5.41) is 14.9. The van der Waals surface area contributed by atoms with Crippen LogP contribution in [0.3, 0.4) is 0 Å². The van der Waals surface area contributed by atoms with Crippen LogP contribution in [0.15, 0.2) is 66.3 Å². The lowest BCUT2D eigenvalue weighted by Crippen LogP contribution is -2.28. The Morgan fingerprint density at radius 1 is 1.15 bits per heavy atom. The predicted octanol–water partition coefficient (Wildman–Crippen LogP) is 4.26. The normalized spacial score (nSPS) is 11.5. The molecule has 3 aromatic rings. The average molecular weight is 480 g/mol. The number of carbonyl (C=O) groups excluding carboxylic acids is 2. The number of anilines is 1. The van der Waals surface area contributed by atoms with Gasteiger partial charge in [-0.05, 0) is 55.3 Å². The van der Waals surface area contributed by atoms with Gasteiger partial charge in [-0.15, -0.1) is 16.8 Å². The number of aromatic nitrogens is 3. The fourth-order valence-electron chi connectivity index (χ4n) is 3.27. The molecule has 0 radical (unpaired) electrons. The van der Waals surface area contributed by atoms with Crippen molar-refractivity contribution in [1.29, 1.82) is 0 Å². The molecule has 1 heterocycles. The van der Waals surface area contributed by atoms with E-state index in [-0.39, 0.29) is 17.6 Å². The maximum Gasteiger partial charge on any atom is 0.251 e. The van der Waals surface area contributed by atoms with Crippen LogP contribution in [-0.4, -0.2) is 39.4 Å². The second-order valence-corrected chi connectivity index (χ2v) is 8.49. The van der Waals surface area contributed by atoms with E-state index in [1.165, 1.54) is 17.3 Å². The number of ether oxygens (including phenoxy) is 1. The second kappa shape index (κ2) is 12.0. The lowest BCUT2D eigenvalue weighted by Gasteiger charge is -2.15. The molecular formula is C25H29N5O3S. The van der Waals surface area contributed by atoms with Crippen LogP contribution >= 0.6 is 11.8 Å². The molecule has 2 N–H and O–H groups in total. The first-order chi connectivity index (χ1) is 16.4. The fourth-order valence-corrected chi connectivity index (χ4v) is 4.02. The van der Waals surface area contributed by atoms with E-state index in [9.17, 15) is 9.59 Å². The number of carbonyl (C=O) groups is 2. The second-order valence-electron chi connectivity index (χ2n) is 7.55. The molecule has 1 atom stereocenters. The number of rotatable bonds is 11. The van der Waals surface area contributed by atoms with Crippen LogP contribution in [0.4, 0.5) is 5.69 Å².